The number of hydrogen-bond donors (Lipinski definition) is 1. The molecule has 0 saturated carbocycles. The van der Waals surface area contributed by atoms with E-state index in [0.717, 1.165) is 24.1 Å². The van der Waals surface area contributed by atoms with E-state index in [1.54, 1.807) is 4.90 Å². The van der Waals surface area contributed by atoms with E-state index < -0.39 is 17.7 Å². The molecule has 0 spiro atoms. The Hall–Kier alpha value is -1.56. The van der Waals surface area contributed by atoms with Gasteiger partial charge in [0.25, 0.3) is 0 Å². The molecule has 1 atom stereocenters. The van der Waals surface area contributed by atoms with Crippen LogP contribution < -0.4 is 0 Å². The summed E-state index contributed by atoms with van der Waals surface area (Å²) in [4.78, 5) is 12.6. The third-order valence-corrected chi connectivity index (χ3v) is 3.24. The SMILES string of the molecule is CCCN(CC(=O)O)CC(C)c1ccc(C(F)(F)F)cc1. The van der Waals surface area contributed by atoms with Crippen LogP contribution in [0, 0.1) is 0 Å². The Labute approximate surface area is 122 Å². The number of carboxylic acids is 1. The molecule has 1 aromatic carbocycles. The van der Waals surface area contributed by atoms with E-state index >= 15 is 0 Å². The Balaban J connectivity index is 2.73. The van der Waals surface area contributed by atoms with Crippen LogP contribution in [0.4, 0.5) is 13.2 Å². The summed E-state index contributed by atoms with van der Waals surface area (Å²) >= 11 is 0. The van der Waals surface area contributed by atoms with Crippen LogP contribution in [0.2, 0.25) is 0 Å². The topological polar surface area (TPSA) is 40.5 Å². The van der Waals surface area contributed by atoms with Crippen molar-refractivity contribution in [3.05, 3.63) is 35.4 Å². The maximum absolute atomic E-state index is 12.5. The van der Waals surface area contributed by atoms with Crippen LogP contribution in [-0.2, 0) is 11.0 Å². The number of nitrogens with zero attached hydrogens (tertiary/aromatic N) is 1. The highest BCUT2D eigenvalue weighted by Crippen LogP contribution is 2.30. The van der Waals surface area contributed by atoms with Gasteiger partial charge in [0, 0.05) is 6.54 Å². The van der Waals surface area contributed by atoms with Gasteiger partial charge in [0.1, 0.15) is 0 Å². The van der Waals surface area contributed by atoms with Gasteiger partial charge < -0.3 is 5.11 Å². The number of hydrogen-bond acceptors (Lipinski definition) is 2. The molecule has 1 unspecified atom stereocenters. The van der Waals surface area contributed by atoms with Crippen LogP contribution in [0.5, 0.6) is 0 Å². The van der Waals surface area contributed by atoms with Crippen molar-refractivity contribution in [2.24, 2.45) is 0 Å². The second kappa shape index (κ2) is 7.45. The number of aliphatic carboxylic acids is 1. The van der Waals surface area contributed by atoms with Gasteiger partial charge in [-0.2, -0.15) is 13.2 Å². The summed E-state index contributed by atoms with van der Waals surface area (Å²) in [5.41, 5.74) is 0.101. The highest BCUT2D eigenvalue weighted by molar-refractivity contribution is 5.69. The van der Waals surface area contributed by atoms with Crippen molar-refractivity contribution in [3.63, 3.8) is 0 Å². The lowest BCUT2D eigenvalue weighted by Crippen LogP contribution is -2.33. The van der Waals surface area contributed by atoms with E-state index in [4.69, 9.17) is 5.11 Å². The standard InChI is InChI=1S/C15H20F3NO2/c1-3-8-19(10-14(20)21)9-11(2)12-4-6-13(7-5-12)15(16,17)18/h4-7,11H,3,8-10H2,1-2H3,(H,20,21). The zero-order valence-electron chi connectivity index (χ0n) is 12.2. The number of halogens is 3. The summed E-state index contributed by atoms with van der Waals surface area (Å²) in [6, 6.07) is 5.04. The van der Waals surface area contributed by atoms with Crippen molar-refractivity contribution in [2.45, 2.75) is 32.4 Å². The van der Waals surface area contributed by atoms with Gasteiger partial charge in [-0.05, 0) is 36.6 Å². The molecule has 0 saturated heterocycles. The number of benzene rings is 1. The minimum Gasteiger partial charge on any atom is -0.480 e. The van der Waals surface area contributed by atoms with Gasteiger partial charge in [-0.3, -0.25) is 9.69 Å². The Bertz CT molecular complexity index is 457. The largest absolute Gasteiger partial charge is 0.480 e. The molecule has 0 heterocycles. The molecule has 0 fully saturated rings. The first-order valence-corrected chi connectivity index (χ1v) is 6.85. The molecule has 0 aliphatic heterocycles. The molecule has 0 aliphatic carbocycles. The molecule has 6 heteroatoms. The molecule has 3 nitrogen and oxygen atoms in total. The van der Waals surface area contributed by atoms with Gasteiger partial charge in [-0.1, -0.05) is 26.0 Å². The molecule has 1 aromatic rings. The summed E-state index contributed by atoms with van der Waals surface area (Å²) in [5, 5.41) is 8.85. The minimum atomic E-state index is -4.33. The third-order valence-electron chi connectivity index (χ3n) is 3.24. The van der Waals surface area contributed by atoms with E-state index in [1.165, 1.54) is 12.1 Å². The smallest absolute Gasteiger partial charge is 0.416 e. The van der Waals surface area contributed by atoms with Gasteiger partial charge >= 0.3 is 12.1 Å². The maximum atomic E-state index is 12.5. The summed E-state index contributed by atoms with van der Waals surface area (Å²) in [7, 11) is 0. The van der Waals surface area contributed by atoms with Crippen LogP contribution in [0.25, 0.3) is 0 Å². The van der Waals surface area contributed by atoms with E-state index in [-0.39, 0.29) is 12.5 Å². The van der Waals surface area contributed by atoms with Gasteiger partial charge in [0.2, 0.25) is 0 Å². The normalized spacial score (nSPS) is 13.4. The quantitative estimate of drug-likeness (QED) is 0.836. The molecule has 0 bridgehead atoms. The van der Waals surface area contributed by atoms with Gasteiger partial charge in [0.15, 0.2) is 0 Å². The molecular weight excluding hydrogens is 283 g/mol. The molecule has 118 valence electrons. The van der Waals surface area contributed by atoms with Crippen molar-refractivity contribution in [1.82, 2.24) is 4.90 Å². The Morgan fingerprint density at radius 1 is 1.29 bits per heavy atom. The molecule has 0 aromatic heterocycles. The number of rotatable bonds is 7. The van der Waals surface area contributed by atoms with Gasteiger partial charge in [0.05, 0.1) is 12.1 Å². The summed E-state index contributed by atoms with van der Waals surface area (Å²) in [6.07, 6.45) is -3.51. The molecule has 1 rings (SSSR count). The summed E-state index contributed by atoms with van der Waals surface area (Å²) in [5.74, 6) is -0.929. The fourth-order valence-electron chi connectivity index (χ4n) is 2.24. The lowest BCUT2D eigenvalue weighted by atomic mass is 9.99. The molecular formula is C15H20F3NO2. The van der Waals surface area contributed by atoms with Crippen LogP contribution in [0.1, 0.15) is 37.3 Å². The van der Waals surface area contributed by atoms with Crippen molar-refractivity contribution in [2.75, 3.05) is 19.6 Å². The zero-order chi connectivity index (χ0) is 16.0. The second-order valence-electron chi connectivity index (χ2n) is 5.15. The second-order valence-corrected chi connectivity index (χ2v) is 5.15. The first-order valence-electron chi connectivity index (χ1n) is 6.85. The number of carbonyl (C=O) groups is 1. The van der Waals surface area contributed by atoms with Crippen molar-refractivity contribution in [3.8, 4) is 0 Å². The Kier molecular flexibility index (Phi) is 6.20. The first-order chi connectivity index (χ1) is 9.74. The van der Waals surface area contributed by atoms with Gasteiger partial charge in [-0.25, -0.2) is 0 Å². The van der Waals surface area contributed by atoms with E-state index in [0.29, 0.717) is 13.1 Å². The maximum Gasteiger partial charge on any atom is 0.416 e. The van der Waals surface area contributed by atoms with Crippen LogP contribution >= 0.6 is 0 Å². The summed E-state index contributed by atoms with van der Waals surface area (Å²) < 4.78 is 37.5. The predicted octanol–water partition coefficient (Wildman–Crippen LogP) is 3.61. The first kappa shape index (κ1) is 17.5. The molecule has 1 N–H and O–H groups in total. The molecule has 21 heavy (non-hydrogen) atoms. The summed E-state index contributed by atoms with van der Waals surface area (Å²) in [6.45, 7) is 4.94. The van der Waals surface area contributed by atoms with E-state index in [9.17, 15) is 18.0 Å². The monoisotopic (exact) mass is 303 g/mol. The van der Waals surface area contributed by atoms with Gasteiger partial charge in [-0.15, -0.1) is 0 Å². The highest BCUT2D eigenvalue weighted by Gasteiger charge is 2.30. The third kappa shape index (κ3) is 5.75. The lowest BCUT2D eigenvalue weighted by Gasteiger charge is -2.24. The molecule has 0 amide bonds. The fraction of sp³-hybridized carbons (Fsp3) is 0.533. The number of carboxylic acid groups (broad SMARTS) is 1. The Morgan fingerprint density at radius 2 is 1.86 bits per heavy atom. The fourth-order valence-corrected chi connectivity index (χ4v) is 2.24. The van der Waals surface area contributed by atoms with Crippen LogP contribution in [-0.4, -0.2) is 35.6 Å². The average Bonchev–Trinajstić information content (AvgIpc) is 2.37. The van der Waals surface area contributed by atoms with E-state index in [1.807, 2.05) is 13.8 Å². The van der Waals surface area contributed by atoms with Crippen molar-refractivity contribution < 1.29 is 23.1 Å². The molecule has 0 aliphatic rings. The zero-order valence-corrected chi connectivity index (χ0v) is 12.2. The minimum absolute atomic E-state index is 0.0295. The van der Waals surface area contributed by atoms with Crippen molar-refractivity contribution in [1.29, 1.82) is 0 Å². The highest BCUT2D eigenvalue weighted by atomic mass is 19.4. The molecule has 0 radical (unpaired) electrons. The van der Waals surface area contributed by atoms with Crippen molar-refractivity contribution >= 4 is 5.97 Å². The lowest BCUT2D eigenvalue weighted by molar-refractivity contribution is -0.139. The van der Waals surface area contributed by atoms with Crippen LogP contribution in [0.3, 0.4) is 0 Å². The Morgan fingerprint density at radius 3 is 2.29 bits per heavy atom. The van der Waals surface area contributed by atoms with E-state index in [2.05, 4.69) is 0 Å². The van der Waals surface area contributed by atoms with Crippen LogP contribution in [0.15, 0.2) is 24.3 Å². The number of alkyl halides is 3. The average molecular weight is 303 g/mol. The predicted molar refractivity (Wildman–Crippen MR) is 74.2 cm³/mol.